The molecule has 0 saturated heterocycles. The molecule has 0 atom stereocenters. The van der Waals surface area contributed by atoms with E-state index >= 15 is 0 Å². The lowest BCUT2D eigenvalue weighted by atomic mass is 10.2. The number of nitrogens with zero attached hydrogens (tertiary/aromatic N) is 1. The number of aromatic nitrogens is 1. The van der Waals surface area contributed by atoms with Crippen LogP contribution in [0, 0.1) is 0 Å². The third-order valence-electron chi connectivity index (χ3n) is 2.83. The summed E-state index contributed by atoms with van der Waals surface area (Å²) in [7, 11) is 0. The van der Waals surface area contributed by atoms with Crippen LogP contribution in [0.15, 0.2) is 12.3 Å². The van der Waals surface area contributed by atoms with Gasteiger partial charge in [-0.05, 0) is 31.4 Å². The van der Waals surface area contributed by atoms with Crippen LogP contribution in [0.2, 0.25) is 0 Å². The summed E-state index contributed by atoms with van der Waals surface area (Å²) in [6, 6.07) is 2.12. The van der Waals surface area contributed by atoms with E-state index in [-0.39, 0.29) is 5.97 Å². The Balaban J connectivity index is 2.73. The molecule has 0 saturated carbocycles. The Kier molecular flexibility index (Phi) is 5.81. The summed E-state index contributed by atoms with van der Waals surface area (Å²) in [5, 5.41) is 0. The van der Waals surface area contributed by atoms with Gasteiger partial charge in [-0.3, -0.25) is 4.79 Å². The molecule has 17 heavy (non-hydrogen) atoms. The molecule has 1 heterocycles. The Bertz CT molecular complexity index is 355. The van der Waals surface area contributed by atoms with E-state index in [1.54, 1.807) is 0 Å². The summed E-state index contributed by atoms with van der Waals surface area (Å²) in [4.78, 5) is 11.5. The van der Waals surface area contributed by atoms with Gasteiger partial charge in [-0.15, -0.1) is 0 Å². The summed E-state index contributed by atoms with van der Waals surface area (Å²) in [5.41, 5.74) is 2.37. The van der Waals surface area contributed by atoms with Crippen molar-refractivity contribution in [3.05, 3.63) is 23.5 Å². The van der Waals surface area contributed by atoms with Gasteiger partial charge in [0.05, 0.1) is 13.0 Å². The summed E-state index contributed by atoms with van der Waals surface area (Å²) in [5.74, 6) is -0.133. The monoisotopic (exact) mass is 237 g/mol. The summed E-state index contributed by atoms with van der Waals surface area (Å²) < 4.78 is 7.19. The second-order valence-corrected chi connectivity index (χ2v) is 4.22. The van der Waals surface area contributed by atoms with Gasteiger partial charge in [-0.2, -0.15) is 0 Å². The molecule has 0 fully saturated rings. The Hall–Kier alpha value is -1.25. The zero-order valence-electron chi connectivity index (χ0n) is 11.2. The van der Waals surface area contributed by atoms with E-state index in [2.05, 4.69) is 30.7 Å². The van der Waals surface area contributed by atoms with E-state index in [1.165, 1.54) is 12.0 Å². The van der Waals surface area contributed by atoms with E-state index in [4.69, 9.17) is 4.74 Å². The van der Waals surface area contributed by atoms with Gasteiger partial charge in [-0.25, -0.2) is 0 Å². The van der Waals surface area contributed by atoms with Gasteiger partial charge in [0.1, 0.15) is 0 Å². The second-order valence-electron chi connectivity index (χ2n) is 4.22. The molecule has 96 valence electrons. The highest BCUT2D eigenvalue weighted by Crippen LogP contribution is 2.12. The Morgan fingerprint density at radius 1 is 1.35 bits per heavy atom. The molecule has 3 heteroatoms. The van der Waals surface area contributed by atoms with Crippen LogP contribution in [0.1, 0.15) is 44.9 Å². The lowest BCUT2D eigenvalue weighted by Crippen LogP contribution is -2.11. The van der Waals surface area contributed by atoms with E-state index in [1.807, 2.05) is 6.92 Å². The minimum absolute atomic E-state index is 0.133. The predicted octanol–water partition coefficient (Wildman–Crippen LogP) is 2.96. The van der Waals surface area contributed by atoms with Gasteiger partial charge in [-0.1, -0.05) is 20.3 Å². The summed E-state index contributed by atoms with van der Waals surface area (Å²) >= 11 is 0. The molecular formula is C14H23NO2. The first-order valence-electron chi connectivity index (χ1n) is 6.54. The minimum Gasteiger partial charge on any atom is -0.466 e. The fourth-order valence-electron chi connectivity index (χ4n) is 1.86. The Labute approximate surface area is 104 Å². The molecule has 0 aliphatic heterocycles. The number of carbonyl (C=O) groups excluding carboxylic acids is 1. The lowest BCUT2D eigenvalue weighted by Gasteiger charge is -2.07. The third-order valence-corrected chi connectivity index (χ3v) is 2.83. The van der Waals surface area contributed by atoms with E-state index < -0.39 is 0 Å². The minimum atomic E-state index is -0.133. The van der Waals surface area contributed by atoms with Crippen molar-refractivity contribution in [3.8, 4) is 0 Å². The highest BCUT2D eigenvalue weighted by Gasteiger charge is 2.10. The van der Waals surface area contributed by atoms with Gasteiger partial charge in [0.2, 0.25) is 0 Å². The predicted molar refractivity (Wildman–Crippen MR) is 69.1 cm³/mol. The zero-order chi connectivity index (χ0) is 12.7. The number of ether oxygens (including phenoxy) is 1. The molecule has 1 aromatic rings. The number of hydrogen-bond acceptors (Lipinski definition) is 2. The van der Waals surface area contributed by atoms with Crippen molar-refractivity contribution in [1.29, 1.82) is 0 Å². The van der Waals surface area contributed by atoms with Crippen LogP contribution in [-0.2, 0) is 28.9 Å². The third kappa shape index (κ3) is 4.25. The normalized spacial score (nSPS) is 10.5. The number of unbranched alkanes of at least 4 members (excludes halogenated alkanes) is 1. The first kappa shape index (κ1) is 13.8. The largest absolute Gasteiger partial charge is 0.466 e. The fourth-order valence-corrected chi connectivity index (χ4v) is 1.86. The zero-order valence-corrected chi connectivity index (χ0v) is 11.2. The van der Waals surface area contributed by atoms with Crippen LogP contribution in [0.5, 0.6) is 0 Å². The molecule has 0 aromatic carbocycles. The van der Waals surface area contributed by atoms with Gasteiger partial charge >= 0.3 is 5.97 Å². The van der Waals surface area contributed by atoms with Crippen LogP contribution in [0.4, 0.5) is 0 Å². The molecule has 0 unspecified atom stereocenters. The van der Waals surface area contributed by atoms with Crippen LogP contribution in [-0.4, -0.2) is 17.1 Å². The molecule has 3 nitrogen and oxygen atoms in total. The van der Waals surface area contributed by atoms with Gasteiger partial charge < -0.3 is 9.30 Å². The van der Waals surface area contributed by atoms with E-state index in [0.29, 0.717) is 13.0 Å². The van der Waals surface area contributed by atoms with Crippen molar-refractivity contribution < 1.29 is 9.53 Å². The molecule has 0 aliphatic rings. The average molecular weight is 237 g/mol. The van der Waals surface area contributed by atoms with E-state index in [9.17, 15) is 4.79 Å². The molecule has 1 aromatic heterocycles. The highest BCUT2D eigenvalue weighted by atomic mass is 16.5. The maximum absolute atomic E-state index is 11.5. The first-order valence-corrected chi connectivity index (χ1v) is 6.54. The van der Waals surface area contributed by atoms with E-state index in [0.717, 1.165) is 25.1 Å². The molecular weight excluding hydrogens is 214 g/mol. The smallest absolute Gasteiger partial charge is 0.311 e. The maximum Gasteiger partial charge on any atom is 0.311 e. The fraction of sp³-hybridized carbons (Fsp3) is 0.643. The van der Waals surface area contributed by atoms with Crippen LogP contribution in [0.3, 0.4) is 0 Å². The molecule has 0 radical (unpaired) electrons. The SMILES string of the molecule is CCCCn1cc(CC)cc1CC(=O)OCC. The Morgan fingerprint density at radius 2 is 2.12 bits per heavy atom. The van der Waals surface area contributed by atoms with Crippen molar-refractivity contribution in [3.63, 3.8) is 0 Å². The van der Waals surface area contributed by atoms with Crippen molar-refractivity contribution in [2.24, 2.45) is 0 Å². The van der Waals surface area contributed by atoms with Gasteiger partial charge in [0.25, 0.3) is 0 Å². The van der Waals surface area contributed by atoms with Gasteiger partial charge in [0.15, 0.2) is 0 Å². The molecule has 0 aliphatic carbocycles. The molecule has 0 amide bonds. The molecule has 1 rings (SSSR count). The highest BCUT2D eigenvalue weighted by molar-refractivity contribution is 5.72. The summed E-state index contributed by atoms with van der Waals surface area (Å²) in [6.45, 7) is 7.59. The number of esters is 1. The number of rotatable bonds is 7. The topological polar surface area (TPSA) is 31.2 Å². The molecule has 0 bridgehead atoms. The molecule has 0 N–H and O–H groups in total. The first-order chi connectivity index (χ1) is 8.21. The molecule has 0 spiro atoms. The maximum atomic E-state index is 11.5. The Morgan fingerprint density at radius 3 is 2.71 bits per heavy atom. The van der Waals surface area contributed by atoms with Gasteiger partial charge in [0, 0.05) is 18.4 Å². The standard InChI is InChI=1S/C14H23NO2/c1-4-7-8-15-11-12(5-2)9-13(15)10-14(16)17-6-3/h9,11H,4-8,10H2,1-3H3. The van der Waals surface area contributed by atoms with Crippen LogP contribution in [0.25, 0.3) is 0 Å². The number of aryl methyl sites for hydroxylation is 2. The van der Waals surface area contributed by atoms with Crippen molar-refractivity contribution >= 4 is 5.97 Å². The quantitative estimate of drug-likeness (QED) is 0.683. The van der Waals surface area contributed by atoms with Crippen molar-refractivity contribution in [2.45, 2.75) is 53.0 Å². The average Bonchev–Trinajstić information content (AvgIpc) is 2.69. The van der Waals surface area contributed by atoms with Crippen LogP contribution < -0.4 is 0 Å². The van der Waals surface area contributed by atoms with Crippen LogP contribution >= 0.6 is 0 Å². The van der Waals surface area contributed by atoms with Crippen molar-refractivity contribution in [2.75, 3.05) is 6.61 Å². The van der Waals surface area contributed by atoms with Crippen molar-refractivity contribution in [1.82, 2.24) is 4.57 Å². The number of carbonyl (C=O) groups is 1. The number of hydrogen-bond donors (Lipinski definition) is 0. The summed E-state index contributed by atoms with van der Waals surface area (Å²) in [6.07, 6.45) is 5.86. The lowest BCUT2D eigenvalue weighted by molar-refractivity contribution is -0.142. The second kappa shape index (κ2) is 7.15.